The van der Waals surface area contributed by atoms with Crippen LogP contribution in [0.2, 0.25) is 0 Å². The lowest BCUT2D eigenvalue weighted by Gasteiger charge is -2.32. The van der Waals surface area contributed by atoms with E-state index in [1.807, 2.05) is 4.90 Å². The molecule has 18 heavy (non-hydrogen) atoms. The van der Waals surface area contributed by atoms with E-state index in [2.05, 4.69) is 17.6 Å². The second-order valence-electron chi connectivity index (χ2n) is 4.77. The van der Waals surface area contributed by atoms with Gasteiger partial charge < -0.3 is 21.3 Å². The summed E-state index contributed by atoms with van der Waals surface area (Å²) in [6, 6.07) is -0.497. The molecule has 3 amide bonds. The lowest BCUT2D eigenvalue weighted by Crippen LogP contribution is -2.47. The average Bonchev–Trinajstić information content (AvgIpc) is 2.37. The molecule has 1 atom stereocenters. The van der Waals surface area contributed by atoms with E-state index in [-0.39, 0.29) is 5.91 Å². The van der Waals surface area contributed by atoms with Gasteiger partial charge in [0.05, 0.1) is 6.54 Å². The zero-order chi connectivity index (χ0) is 13.4. The number of carbonyl (C=O) groups is 2. The molecule has 1 heterocycles. The minimum absolute atomic E-state index is 0.146. The molecule has 4 N–H and O–H groups in total. The molecule has 0 aliphatic carbocycles. The Bertz CT molecular complexity index is 283. The van der Waals surface area contributed by atoms with Crippen molar-refractivity contribution in [1.82, 2.24) is 15.5 Å². The normalized spacial score (nSPS) is 19.6. The number of nitrogens with two attached hydrogens (primary N) is 1. The fraction of sp³-hybridized carbons (Fsp3) is 0.833. The summed E-state index contributed by atoms with van der Waals surface area (Å²) in [5.41, 5.74) is 5.04. The molecule has 104 valence electrons. The Morgan fingerprint density at radius 1 is 1.44 bits per heavy atom. The van der Waals surface area contributed by atoms with Crippen LogP contribution in [0.3, 0.4) is 0 Å². The van der Waals surface area contributed by atoms with Gasteiger partial charge in [0.15, 0.2) is 0 Å². The molecular formula is C12H24N4O2. The maximum atomic E-state index is 11.9. The van der Waals surface area contributed by atoms with Gasteiger partial charge in [-0.3, -0.25) is 4.79 Å². The zero-order valence-corrected chi connectivity index (χ0v) is 11.1. The van der Waals surface area contributed by atoms with Gasteiger partial charge in [-0.15, -0.1) is 0 Å². The first-order chi connectivity index (χ1) is 8.63. The van der Waals surface area contributed by atoms with E-state index in [4.69, 9.17) is 5.73 Å². The largest absolute Gasteiger partial charge is 0.352 e. The van der Waals surface area contributed by atoms with Gasteiger partial charge in [0, 0.05) is 19.6 Å². The van der Waals surface area contributed by atoms with E-state index in [0.29, 0.717) is 25.6 Å². The highest BCUT2D eigenvalue weighted by atomic mass is 16.2. The molecule has 0 saturated carbocycles. The number of carbonyl (C=O) groups excluding carboxylic acids is 2. The van der Waals surface area contributed by atoms with Gasteiger partial charge in [0.1, 0.15) is 0 Å². The van der Waals surface area contributed by atoms with Crippen molar-refractivity contribution in [3.8, 4) is 0 Å². The maximum Gasteiger partial charge on any atom is 0.312 e. The summed E-state index contributed by atoms with van der Waals surface area (Å²) in [4.78, 5) is 24.4. The van der Waals surface area contributed by atoms with E-state index in [1.165, 1.54) is 0 Å². The van der Waals surface area contributed by atoms with Crippen molar-refractivity contribution in [3.63, 3.8) is 0 Å². The van der Waals surface area contributed by atoms with Gasteiger partial charge in [-0.05, 0) is 31.7 Å². The highest BCUT2D eigenvalue weighted by Gasteiger charge is 2.23. The van der Waals surface area contributed by atoms with Crippen molar-refractivity contribution in [2.75, 3.05) is 32.7 Å². The van der Waals surface area contributed by atoms with Crippen LogP contribution < -0.4 is 16.4 Å². The fourth-order valence-electron chi connectivity index (χ4n) is 2.19. The van der Waals surface area contributed by atoms with Crippen molar-refractivity contribution >= 4 is 11.9 Å². The van der Waals surface area contributed by atoms with E-state index < -0.39 is 6.03 Å². The van der Waals surface area contributed by atoms with Crippen LogP contribution in [0.1, 0.15) is 26.2 Å². The van der Waals surface area contributed by atoms with Crippen LogP contribution in [0.4, 0.5) is 4.79 Å². The summed E-state index contributed by atoms with van der Waals surface area (Å²) in [6.45, 7) is 5.44. The topological polar surface area (TPSA) is 87.5 Å². The Morgan fingerprint density at radius 3 is 2.89 bits per heavy atom. The number of hydrogen-bond acceptors (Lipinski definition) is 3. The molecule has 1 unspecified atom stereocenters. The maximum absolute atomic E-state index is 11.9. The van der Waals surface area contributed by atoms with Crippen LogP contribution in [-0.2, 0) is 4.79 Å². The van der Waals surface area contributed by atoms with Crippen molar-refractivity contribution in [1.29, 1.82) is 0 Å². The SMILES string of the molecule is CCCNCC(=O)N1CCCC(CNC(N)=O)C1. The number of primary amides is 1. The molecule has 1 fully saturated rings. The minimum atomic E-state index is -0.497. The van der Waals surface area contributed by atoms with Gasteiger partial charge in [-0.2, -0.15) is 0 Å². The highest BCUT2D eigenvalue weighted by Crippen LogP contribution is 2.15. The van der Waals surface area contributed by atoms with Gasteiger partial charge in [0.25, 0.3) is 0 Å². The second kappa shape index (κ2) is 7.92. The molecule has 6 nitrogen and oxygen atoms in total. The smallest absolute Gasteiger partial charge is 0.312 e. The van der Waals surface area contributed by atoms with Crippen molar-refractivity contribution in [2.24, 2.45) is 11.7 Å². The number of hydrogen-bond donors (Lipinski definition) is 3. The summed E-state index contributed by atoms with van der Waals surface area (Å²) in [6.07, 6.45) is 3.05. The highest BCUT2D eigenvalue weighted by molar-refractivity contribution is 5.78. The Morgan fingerprint density at radius 2 is 2.22 bits per heavy atom. The fourth-order valence-corrected chi connectivity index (χ4v) is 2.19. The van der Waals surface area contributed by atoms with Crippen LogP contribution in [0, 0.1) is 5.92 Å². The first-order valence-corrected chi connectivity index (χ1v) is 6.65. The van der Waals surface area contributed by atoms with Gasteiger partial charge in [-0.25, -0.2) is 4.79 Å². The van der Waals surface area contributed by atoms with Crippen molar-refractivity contribution in [2.45, 2.75) is 26.2 Å². The first-order valence-electron chi connectivity index (χ1n) is 6.65. The predicted molar refractivity (Wildman–Crippen MR) is 70.1 cm³/mol. The third-order valence-electron chi connectivity index (χ3n) is 3.14. The lowest BCUT2D eigenvalue weighted by atomic mass is 9.98. The Kier molecular flexibility index (Phi) is 6.49. The van der Waals surface area contributed by atoms with Crippen molar-refractivity contribution in [3.05, 3.63) is 0 Å². The standard InChI is InChI=1S/C12H24N4O2/c1-2-5-14-8-11(17)16-6-3-4-10(9-16)7-15-12(13)18/h10,14H,2-9H2,1H3,(H3,13,15,18). The summed E-state index contributed by atoms with van der Waals surface area (Å²) in [7, 11) is 0. The third kappa shape index (κ3) is 5.35. The molecule has 0 aromatic heterocycles. The monoisotopic (exact) mass is 256 g/mol. The molecule has 1 rings (SSSR count). The molecule has 0 bridgehead atoms. The molecule has 1 saturated heterocycles. The molecule has 1 aliphatic rings. The Balaban J connectivity index is 2.28. The molecule has 0 aromatic carbocycles. The number of urea groups is 1. The Labute approximate surface area is 108 Å². The molecule has 0 radical (unpaired) electrons. The molecule has 1 aliphatic heterocycles. The number of amides is 3. The second-order valence-corrected chi connectivity index (χ2v) is 4.77. The van der Waals surface area contributed by atoms with Gasteiger partial charge >= 0.3 is 6.03 Å². The number of rotatable bonds is 6. The lowest BCUT2D eigenvalue weighted by molar-refractivity contribution is -0.131. The van der Waals surface area contributed by atoms with Crippen LogP contribution >= 0.6 is 0 Å². The molecule has 0 spiro atoms. The van der Waals surface area contributed by atoms with Gasteiger partial charge in [-0.1, -0.05) is 6.92 Å². The minimum Gasteiger partial charge on any atom is -0.352 e. The third-order valence-corrected chi connectivity index (χ3v) is 3.14. The van der Waals surface area contributed by atoms with E-state index in [9.17, 15) is 9.59 Å². The van der Waals surface area contributed by atoms with E-state index in [0.717, 1.165) is 32.4 Å². The first kappa shape index (κ1) is 14.8. The summed E-state index contributed by atoms with van der Waals surface area (Å²) in [5, 5.41) is 5.73. The molecule has 0 aromatic rings. The number of nitrogens with zero attached hydrogens (tertiary/aromatic N) is 1. The van der Waals surface area contributed by atoms with Crippen LogP contribution in [-0.4, -0.2) is 49.6 Å². The molecular weight excluding hydrogens is 232 g/mol. The van der Waals surface area contributed by atoms with Crippen molar-refractivity contribution < 1.29 is 9.59 Å². The average molecular weight is 256 g/mol. The zero-order valence-electron chi connectivity index (χ0n) is 11.1. The Hall–Kier alpha value is -1.30. The van der Waals surface area contributed by atoms with Crippen LogP contribution in [0.5, 0.6) is 0 Å². The van der Waals surface area contributed by atoms with E-state index in [1.54, 1.807) is 0 Å². The summed E-state index contributed by atoms with van der Waals surface area (Å²) < 4.78 is 0. The number of likely N-dealkylation sites (tertiary alicyclic amines) is 1. The molecule has 6 heteroatoms. The van der Waals surface area contributed by atoms with E-state index >= 15 is 0 Å². The number of piperidine rings is 1. The summed E-state index contributed by atoms with van der Waals surface area (Å²) in [5.74, 6) is 0.466. The quantitative estimate of drug-likeness (QED) is 0.580. The number of nitrogens with one attached hydrogen (secondary N) is 2. The van der Waals surface area contributed by atoms with Crippen LogP contribution in [0.25, 0.3) is 0 Å². The summed E-state index contributed by atoms with van der Waals surface area (Å²) >= 11 is 0. The predicted octanol–water partition coefficient (Wildman–Crippen LogP) is -0.107. The van der Waals surface area contributed by atoms with Crippen LogP contribution in [0.15, 0.2) is 0 Å². The van der Waals surface area contributed by atoms with Gasteiger partial charge in [0.2, 0.25) is 5.91 Å².